The van der Waals surface area contributed by atoms with E-state index in [4.69, 9.17) is 21.7 Å². The van der Waals surface area contributed by atoms with Gasteiger partial charge in [0.25, 0.3) is 5.91 Å². The Hall–Kier alpha value is -1.60. The van der Waals surface area contributed by atoms with Crippen molar-refractivity contribution in [1.29, 1.82) is 0 Å². The molecule has 0 aromatic carbocycles. The topological polar surface area (TPSA) is 70.8 Å². The van der Waals surface area contributed by atoms with Gasteiger partial charge >= 0.3 is 5.97 Å². The number of hydrogen-bond acceptors (Lipinski definition) is 5. The summed E-state index contributed by atoms with van der Waals surface area (Å²) in [5.41, 5.74) is 0. The first kappa shape index (κ1) is 14.8. The molecule has 0 radical (unpaired) electrons. The molecule has 1 aliphatic heterocycles. The van der Waals surface area contributed by atoms with Crippen molar-refractivity contribution in [2.45, 2.75) is 26.3 Å². The van der Waals surface area contributed by atoms with Crippen molar-refractivity contribution < 1.29 is 19.1 Å². The van der Waals surface area contributed by atoms with Crippen molar-refractivity contribution in [2.24, 2.45) is 0 Å². The van der Waals surface area contributed by atoms with Crippen LogP contribution < -0.4 is 0 Å². The van der Waals surface area contributed by atoms with E-state index >= 15 is 0 Å². The summed E-state index contributed by atoms with van der Waals surface area (Å²) in [5.74, 6) is -0.155. The van der Waals surface area contributed by atoms with Gasteiger partial charge in [0.15, 0.2) is 0 Å². The van der Waals surface area contributed by atoms with Crippen LogP contribution in [0.2, 0.25) is 0 Å². The smallest absolute Gasteiger partial charge is 0.326 e. The third-order valence-electron chi connectivity index (χ3n) is 2.84. The number of thioether (sulfide) groups is 1. The van der Waals surface area contributed by atoms with Crippen LogP contribution in [0.3, 0.4) is 0 Å². The minimum Gasteiger partial charge on any atom is -0.480 e. The Kier molecular flexibility index (Phi) is 4.29. The summed E-state index contributed by atoms with van der Waals surface area (Å²) in [5, 5.41) is 9.15. The number of carboxylic acid groups (broad SMARTS) is 1. The normalized spacial score (nSPS) is 18.9. The Bertz CT molecular complexity index is 605. The van der Waals surface area contributed by atoms with Crippen LogP contribution in [-0.2, 0) is 9.59 Å². The number of thiocarbonyl (C=S) groups is 1. The molecule has 106 valence electrons. The quantitative estimate of drug-likeness (QED) is 0.681. The lowest BCUT2D eigenvalue weighted by Crippen LogP contribution is -2.43. The van der Waals surface area contributed by atoms with E-state index < -0.39 is 12.0 Å². The van der Waals surface area contributed by atoms with E-state index in [0.29, 0.717) is 17.1 Å². The van der Waals surface area contributed by atoms with Crippen molar-refractivity contribution in [3.05, 3.63) is 28.6 Å². The highest BCUT2D eigenvalue weighted by molar-refractivity contribution is 8.26. The molecule has 1 N–H and O–H groups in total. The molecular weight excluding hydrogens is 298 g/mol. The van der Waals surface area contributed by atoms with Gasteiger partial charge in [0, 0.05) is 6.08 Å². The van der Waals surface area contributed by atoms with Gasteiger partial charge in [-0.3, -0.25) is 9.69 Å². The monoisotopic (exact) mass is 311 g/mol. The SMILES string of the molecule is CCC(C(=O)O)N1C(=O)/C(=C\c2ccc(C)o2)SC1=S. The lowest BCUT2D eigenvalue weighted by atomic mass is 10.2. The van der Waals surface area contributed by atoms with Crippen LogP contribution in [0.1, 0.15) is 24.9 Å². The number of rotatable bonds is 4. The van der Waals surface area contributed by atoms with E-state index in [1.165, 1.54) is 0 Å². The number of carbonyl (C=O) groups excluding carboxylic acids is 1. The largest absolute Gasteiger partial charge is 0.480 e. The zero-order valence-electron chi connectivity index (χ0n) is 11.0. The fourth-order valence-corrected chi connectivity index (χ4v) is 3.21. The Morgan fingerprint density at radius 2 is 2.30 bits per heavy atom. The van der Waals surface area contributed by atoms with E-state index in [9.17, 15) is 9.59 Å². The molecule has 1 amide bonds. The summed E-state index contributed by atoms with van der Waals surface area (Å²) >= 11 is 6.20. The number of nitrogens with zero attached hydrogens (tertiary/aromatic N) is 1. The maximum Gasteiger partial charge on any atom is 0.326 e. The van der Waals surface area contributed by atoms with Crippen LogP contribution >= 0.6 is 24.0 Å². The molecule has 1 aromatic rings. The Balaban J connectivity index is 2.29. The van der Waals surface area contributed by atoms with Crippen LogP contribution in [0.25, 0.3) is 6.08 Å². The third kappa shape index (κ3) is 2.78. The van der Waals surface area contributed by atoms with Gasteiger partial charge in [-0.05, 0) is 25.5 Å². The minimum atomic E-state index is -1.06. The highest BCUT2D eigenvalue weighted by Gasteiger charge is 2.39. The van der Waals surface area contributed by atoms with E-state index in [2.05, 4.69) is 0 Å². The second kappa shape index (κ2) is 5.80. The van der Waals surface area contributed by atoms with Gasteiger partial charge in [-0.1, -0.05) is 30.9 Å². The number of aryl methyl sites for hydroxylation is 1. The van der Waals surface area contributed by atoms with E-state index in [1.54, 1.807) is 32.1 Å². The lowest BCUT2D eigenvalue weighted by molar-refractivity contribution is -0.145. The summed E-state index contributed by atoms with van der Waals surface area (Å²) in [7, 11) is 0. The van der Waals surface area contributed by atoms with Crippen molar-refractivity contribution in [2.75, 3.05) is 0 Å². The number of amides is 1. The molecule has 5 nitrogen and oxygen atoms in total. The van der Waals surface area contributed by atoms with E-state index in [1.807, 2.05) is 0 Å². The van der Waals surface area contributed by atoms with Gasteiger partial charge in [0.05, 0.1) is 4.91 Å². The molecule has 1 saturated heterocycles. The summed E-state index contributed by atoms with van der Waals surface area (Å²) in [6, 6.07) is 2.61. The molecule has 1 unspecified atom stereocenters. The number of hydrogen-bond donors (Lipinski definition) is 1. The Labute approximate surface area is 125 Å². The molecule has 1 aliphatic rings. The fraction of sp³-hybridized carbons (Fsp3) is 0.308. The van der Waals surface area contributed by atoms with Crippen molar-refractivity contribution in [1.82, 2.24) is 4.90 Å². The molecule has 0 bridgehead atoms. The molecular formula is C13H13NO4S2. The van der Waals surface area contributed by atoms with E-state index in [0.717, 1.165) is 22.4 Å². The zero-order chi connectivity index (χ0) is 14.9. The fourth-order valence-electron chi connectivity index (χ4n) is 1.88. The Morgan fingerprint density at radius 1 is 1.60 bits per heavy atom. The van der Waals surface area contributed by atoms with Crippen LogP contribution in [0, 0.1) is 6.92 Å². The summed E-state index contributed by atoms with van der Waals surface area (Å²) < 4.78 is 5.64. The summed E-state index contributed by atoms with van der Waals surface area (Å²) in [6.07, 6.45) is 1.88. The van der Waals surface area contributed by atoms with Crippen LogP contribution in [-0.4, -0.2) is 32.2 Å². The maximum atomic E-state index is 12.3. The highest BCUT2D eigenvalue weighted by atomic mass is 32.2. The number of carbonyl (C=O) groups is 2. The molecule has 2 heterocycles. The molecule has 1 aromatic heterocycles. The second-order valence-electron chi connectivity index (χ2n) is 4.26. The molecule has 0 saturated carbocycles. The van der Waals surface area contributed by atoms with Crippen molar-refractivity contribution in [3.63, 3.8) is 0 Å². The third-order valence-corrected chi connectivity index (χ3v) is 4.17. The van der Waals surface area contributed by atoms with Crippen molar-refractivity contribution in [3.8, 4) is 0 Å². The first-order valence-electron chi connectivity index (χ1n) is 6.00. The average Bonchev–Trinajstić information content (AvgIpc) is 2.89. The summed E-state index contributed by atoms with van der Waals surface area (Å²) in [4.78, 5) is 25.0. The molecule has 1 atom stereocenters. The highest BCUT2D eigenvalue weighted by Crippen LogP contribution is 2.34. The molecule has 7 heteroatoms. The second-order valence-corrected chi connectivity index (χ2v) is 5.94. The van der Waals surface area contributed by atoms with Crippen molar-refractivity contribution >= 4 is 46.3 Å². The van der Waals surface area contributed by atoms with Gasteiger partial charge in [0.2, 0.25) is 0 Å². The molecule has 2 rings (SSSR count). The van der Waals surface area contributed by atoms with Crippen LogP contribution in [0.15, 0.2) is 21.5 Å². The minimum absolute atomic E-state index is 0.263. The number of carboxylic acids is 1. The molecule has 0 aliphatic carbocycles. The number of furan rings is 1. The Morgan fingerprint density at radius 3 is 2.80 bits per heavy atom. The maximum absolute atomic E-state index is 12.3. The van der Waals surface area contributed by atoms with Crippen LogP contribution in [0.5, 0.6) is 0 Å². The van der Waals surface area contributed by atoms with Crippen LogP contribution in [0.4, 0.5) is 0 Å². The summed E-state index contributed by atoms with van der Waals surface area (Å²) in [6.45, 7) is 3.51. The van der Waals surface area contributed by atoms with E-state index in [-0.39, 0.29) is 10.2 Å². The average molecular weight is 311 g/mol. The lowest BCUT2D eigenvalue weighted by Gasteiger charge is -2.21. The number of aliphatic carboxylic acids is 1. The molecule has 1 fully saturated rings. The molecule has 0 spiro atoms. The standard InChI is InChI=1S/C13H13NO4S2/c1-3-9(12(16)17)14-11(15)10(20-13(14)19)6-8-5-4-7(2)18-8/h4-6,9H,3H2,1-2H3,(H,16,17)/b10-6+. The first-order chi connectivity index (χ1) is 9.43. The van der Waals surface area contributed by atoms with Gasteiger partial charge in [-0.25, -0.2) is 4.79 Å². The molecule has 20 heavy (non-hydrogen) atoms. The van der Waals surface area contributed by atoms with Gasteiger partial charge < -0.3 is 9.52 Å². The first-order valence-corrected chi connectivity index (χ1v) is 7.22. The van der Waals surface area contributed by atoms with Gasteiger partial charge in [-0.2, -0.15) is 0 Å². The zero-order valence-corrected chi connectivity index (χ0v) is 12.6. The predicted molar refractivity (Wildman–Crippen MR) is 80.2 cm³/mol. The van der Waals surface area contributed by atoms with Gasteiger partial charge in [0.1, 0.15) is 21.9 Å². The van der Waals surface area contributed by atoms with Gasteiger partial charge in [-0.15, -0.1) is 0 Å². The predicted octanol–water partition coefficient (Wildman–Crippen LogP) is 2.65.